The van der Waals surface area contributed by atoms with Crippen LogP contribution < -0.4 is 15.4 Å². The van der Waals surface area contributed by atoms with E-state index in [1.165, 1.54) is 13.2 Å². The molecule has 1 heterocycles. The molecule has 1 atom stereocenters. The van der Waals surface area contributed by atoms with E-state index in [2.05, 4.69) is 41.3 Å². The van der Waals surface area contributed by atoms with E-state index in [9.17, 15) is 13.5 Å². The van der Waals surface area contributed by atoms with Crippen molar-refractivity contribution in [2.75, 3.05) is 37.5 Å². The Labute approximate surface area is 173 Å². The normalized spacial score (nSPS) is 12.6. The van der Waals surface area contributed by atoms with Crippen LogP contribution in [0.15, 0.2) is 33.8 Å². The van der Waals surface area contributed by atoms with Crippen LogP contribution in [-0.2, 0) is 14.8 Å². The summed E-state index contributed by atoms with van der Waals surface area (Å²) in [5.41, 5.74) is 1.15. The van der Waals surface area contributed by atoms with Gasteiger partial charge >= 0.3 is 0 Å². The molecule has 0 unspecified atom stereocenters. The van der Waals surface area contributed by atoms with E-state index in [1.807, 2.05) is 6.92 Å². The van der Waals surface area contributed by atoms with Gasteiger partial charge in [-0.2, -0.15) is 4.98 Å². The number of nitrogens with one attached hydrogen (secondary N) is 3. The number of methoxy groups -OCH3 is 1. The number of sulfonamides is 1. The number of hydrogen-bond donors (Lipinski definition) is 4. The van der Waals surface area contributed by atoms with Gasteiger partial charge in [-0.1, -0.05) is 6.07 Å². The van der Waals surface area contributed by atoms with Gasteiger partial charge in [0, 0.05) is 31.6 Å². The Balaban J connectivity index is 2.24. The topological polar surface area (TPSA) is 125 Å². The van der Waals surface area contributed by atoms with Crippen LogP contribution in [0, 0.1) is 6.92 Å². The maximum absolute atomic E-state index is 12.5. The summed E-state index contributed by atoms with van der Waals surface area (Å²) in [6, 6.07) is 4.80. The fourth-order valence-corrected chi connectivity index (χ4v) is 3.85. The van der Waals surface area contributed by atoms with Crippen molar-refractivity contribution in [3.8, 4) is 0 Å². The molecule has 4 N–H and O–H groups in total. The lowest BCUT2D eigenvalue weighted by atomic mass is 10.2. The summed E-state index contributed by atoms with van der Waals surface area (Å²) in [4.78, 5) is 8.71. The van der Waals surface area contributed by atoms with Gasteiger partial charge in [0.2, 0.25) is 16.0 Å². The zero-order valence-corrected chi connectivity index (χ0v) is 18.3. The van der Waals surface area contributed by atoms with Crippen LogP contribution in [0.4, 0.5) is 17.5 Å². The van der Waals surface area contributed by atoms with E-state index in [1.54, 1.807) is 25.3 Å². The lowest BCUT2D eigenvalue weighted by molar-refractivity contribution is 0.204. The van der Waals surface area contributed by atoms with Crippen LogP contribution in [0.3, 0.4) is 0 Å². The third kappa shape index (κ3) is 6.11. The van der Waals surface area contributed by atoms with Crippen molar-refractivity contribution in [1.82, 2.24) is 14.7 Å². The Hall–Kier alpha value is -1.79. The first-order chi connectivity index (χ1) is 13.3. The molecule has 1 aromatic carbocycles. The number of benzene rings is 1. The summed E-state index contributed by atoms with van der Waals surface area (Å²) in [6.07, 6.45) is 1.57. The van der Waals surface area contributed by atoms with Crippen molar-refractivity contribution >= 4 is 43.4 Å². The third-order valence-corrected chi connectivity index (χ3v) is 5.92. The largest absolute Gasteiger partial charge is 0.394 e. The van der Waals surface area contributed by atoms with Gasteiger partial charge in [-0.3, -0.25) is 0 Å². The molecule has 0 bridgehead atoms. The smallest absolute Gasteiger partial charge is 0.240 e. The minimum absolute atomic E-state index is 0.0472. The Morgan fingerprint density at radius 2 is 2.11 bits per heavy atom. The second-order valence-corrected chi connectivity index (χ2v) is 8.70. The second-order valence-electron chi connectivity index (χ2n) is 6.11. The molecule has 0 aliphatic carbocycles. The molecule has 0 saturated carbocycles. The van der Waals surface area contributed by atoms with Crippen molar-refractivity contribution < 1.29 is 18.3 Å². The maximum Gasteiger partial charge on any atom is 0.240 e. The van der Waals surface area contributed by atoms with Crippen LogP contribution in [0.1, 0.15) is 12.5 Å². The summed E-state index contributed by atoms with van der Waals surface area (Å²) in [5, 5.41) is 15.3. The highest BCUT2D eigenvalue weighted by molar-refractivity contribution is 9.10. The molecule has 2 rings (SSSR count). The van der Waals surface area contributed by atoms with E-state index in [0.29, 0.717) is 21.5 Å². The zero-order valence-electron chi connectivity index (χ0n) is 15.9. The van der Waals surface area contributed by atoms with E-state index < -0.39 is 10.0 Å². The van der Waals surface area contributed by atoms with Crippen LogP contribution in [0.2, 0.25) is 0 Å². The van der Waals surface area contributed by atoms with Gasteiger partial charge in [0.1, 0.15) is 5.82 Å². The summed E-state index contributed by atoms with van der Waals surface area (Å²) in [5.74, 6) is 0.802. The van der Waals surface area contributed by atoms with E-state index in [4.69, 9.17) is 4.74 Å². The monoisotopic (exact) mass is 473 g/mol. The van der Waals surface area contributed by atoms with Crippen LogP contribution >= 0.6 is 15.9 Å². The first kappa shape index (κ1) is 22.5. The standard InChI is InChI=1S/C17H24BrN5O4S/c1-11-4-5-13(8-15(11)28(25,26)20-6-7-27-3)22-17-19-9-14(18)16(23-17)21-12(2)10-24/h4-5,8-9,12,20,24H,6-7,10H2,1-3H3,(H2,19,21,22,23)/t12-/m1/s1. The minimum Gasteiger partial charge on any atom is -0.394 e. The number of aliphatic hydroxyl groups excluding tert-OH is 1. The van der Waals surface area contributed by atoms with Crippen molar-refractivity contribution in [2.45, 2.75) is 24.8 Å². The molecule has 0 radical (unpaired) electrons. The van der Waals surface area contributed by atoms with Gasteiger partial charge in [0.05, 0.1) is 22.6 Å². The first-order valence-electron chi connectivity index (χ1n) is 8.53. The molecule has 0 spiro atoms. The molecule has 154 valence electrons. The van der Waals surface area contributed by atoms with Crippen molar-refractivity contribution in [2.24, 2.45) is 0 Å². The Morgan fingerprint density at radius 3 is 2.79 bits per heavy atom. The number of aliphatic hydroxyl groups is 1. The van der Waals surface area contributed by atoms with E-state index >= 15 is 0 Å². The minimum atomic E-state index is -3.67. The number of nitrogens with zero attached hydrogens (tertiary/aromatic N) is 2. The number of anilines is 3. The molecule has 0 saturated heterocycles. The van der Waals surface area contributed by atoms with Gasteiger partial charge in [-0.25, -0.2) is 18.1 Å². The predicted octanol–water partition coefficient (Wildman–Crippen LogP) is 2.01. The Bertz CT molecular complexity index is 910. The SMILES string of the molecule is COCCNS(=O)(=O)c1cc(Nc2ncc(Br)c(N[C@H](C)CO)n2)ccc1C. The fraction of sp³-hybridized carbons (Fsp3) is 0.412. The van der Waals surface area contributed by atoms with E-state index in [-0.39, 0.29) is 36.6 Å². The third-order valence-electron chi connectivity index (χ3n) is 3.73. The highest BCUT2D eigenvalue weighted by Gasteiger charge is 2.17. The summed E-state index contributed by atoms with van der Waals surface area (Å²) >= 11 is 3.36. The molecule has 9 nitrogen and oxygen atoms in total. The molecule has 0 fully saturated rings. The van der Waals surface area contributed by atoms with Gasteiger partial charge in [0.15, 0.2) is 0 Å². The summed E-state index contributed by atoms with van der Waals surface area (Å²) in [7, 11) is -2.16. The average molecular weight is 474 g/mol. The molecule has 0 amide bonds. The number of aryl methyl sites for hydroxylation is 1. The quantitative estimate of drug-likeness (QED) is 0.386. The van der Waals surface area contributed by atoms with Gasteiger partial charge in [-0.15, -0.1) is 0 Å². The van der Waals surface area contributed by atoms with Crippen LogP contribution in [0.25, 0.3) is 0 Å². The zero-order chi connectivity index (χ0) is 20.7. The highest BCUT2D eigenvalue weighted by Crippen LogP contribution is 2.25. The molecule has 11 heteroatoms. The number of halogens is 1. The van der Waals surface area contributed by atoms with E-state index in [0.717, 1.165) is 0 Å². The lowest BCUT2D eigenvalue weighted by Crippen LogP contribution is -2.27. The summed E-state index contributed by atoms with van der Waals surface area (Å²) < 4.78 is 33.1. The molecular weight excluding hydrogens is 450 g/mol. The molecule has 1 aromatic heterocycles. The van der Waals surface area contributed by atoms with Gasteiger partial charge < -0.3 is 20.5 Å². The maximum atomic E-state index is 12.5. The van der Waals surface area contributed by atoms with Crippen molar-refractivity contribution in [3.63, 3.8) is 0 Å². The number of aromatic nitrogens is 2. The van der Waals surface area contributed by atoms with Gasteiger partial charge in [0.25, 0.3) is 0 Å². The number of hydrogen-bond acceptors (Lipinski definition) is 8. The Kier molecular flexibility index (Phi) is 8.13. The van der Waals surface area contributed by atoms with Crippen molar-refractivity contribution in [1.29, 1.82) is 0 Å². The van der Waals surface area contributed by atoms with Crippen LogP contribution in [-0.4, -0.2) is 56.4 Å². The van der Waals surface area contributed by atoms with Gasteiger partial charge in [-0.05, 0) is 47.5 Å². The predicted molar refractivity (Wildman–Crippen MR) is 111 cm³/mol. The number of rotatable bonds is 10. The molecular formula is C17H24BrN5O4S. The summed E-state index contributed by atoms with van der Waals surface area (Å²) in [6.45, 7) is 3.96. The Morgan fingerprint density at radius 1 is 1.36 bits per heavy atom. The molecule has 0 aliphatic rings. The fourth-order valence-electron chi connectivity index (χ4n) is 2.26. The average Bonchev–Trinajstić information content (AvgIpc) is 2.65. The van der Waals surface area contributed by atoms with Crippen LogP contribution in [0.5, 0.6) is 0 Å². The first-order valence-corrected chi connectivity index (χ1v) is 10.8. The second kappa shape index (κ2) is 10.1. The molecule has 2 aromatic rings. The highest BCUT2D eigenvalue weighted by atomic mass is 79.9. The molecule has 28 heavy (non-hydrogen) atoms. The molecule has 0 aliphatic heterocycles. The number of ether oxygens (including phenoxy) is 1. The van der Waals surface area contributed by atoms with Crippen molar-refractivity contribution in [3.05, 3.63) is 34.4 Å². The lowest BCUT2D eigenvalue weighted by Gasteiger charge is -2.15.